The summed E-state index contributed by atoms with van der Waals surface area (Å²) >= 11 is 0. The van der Waals surface area contributed by atoms with E-state index in [1.807, 2.05) is 54.6 Å². The molecule has 0 heterocycles. The topological polar surface area (TPSA) is 35.2 Å². The summed E-state index contributed by atoms with van der Waals surface area (Å²) in [5.74, 6) is 1.49. The normalized spacial score (nSPS) is 9.07. The van der Waals surface area contributed by atoms with E-state index in [1.165, 1.54) is 0 Å². The second-order valence-electron chi connectivity index (χ2n) is 2.95. The lowest BCUT2D eigenvalue weighted by molar-refractivity contribution is 0.485. The van der Waals surface area contributed by atoms with Gasteiger partial charge in [0.15, 0.2) is 0 Å². The van der Waals surface area contributed by atoms with Gasteiger partial charge in [-0.25, -0.2) is 0 Å². The third-order valence-electron chi connectivity index (χ3n) is 1.89. The Balaban J connectivity index is 0.00000112. The van der Waals surface area contributed by atoms with Crippen LogP contribution >= 0.6 is 12.4 Å². The van der Waals surface area contributed by atoms with Crippen molar-refractivity contribution in [2.75, 3.05) is 5.73 Å². The van der Waals surface area contributed by atoms with Gasteiger partial charge in [-0.1, -0.05) is 30.3 Å². The molecule has 78 valence electrons. The van der Waals surface area contributed by atoms with E-state index in [9.17, 15) is 0 Å². The first-order valence-electron chi connectivity index (χ1n) is 4.43. The Morgan fingerprint density at radius 1 is 0.800 bits per heavy atom. The maximum absolute atomic E-state index is 5.74. The van der Waals surface area contributed by atoms with E-state index in [2.05, 4.69) is 0 Å². The SMILES string of the molecule is Cl.Nc1ccccc1Oc1ccccc1. The molecule has 0 spiro atoms. The van der Waals surface area contributed by atoms with Gasteiger partial charge in [-0.15, -0.1) is 12.4 Å². The number of halogens is 1. The predicted molar refractivity (Wildman–Crippen MR) is 64.6 cm³/mol. The van der Waals surface area contributed by atoms with Crippen molar-refractivity contribution in [3.8, 4) is 11.5 Å². The molecule has 0 amide bonds. The molecule has 2 aromatic rings. The van der Waals surface area contributed by atoms with Crippen LogP contribution in [0.5, 0.6) is 11.5 Å². The minimum atomic E-state index is 0. The molecule has 0 unspecified atom stereocenters. The van der Waals surface area contributed by atoms with Crippen molar-refractivity contribution in [3.05, 3.63) is 54.6 Å². The summed E-state index contributed by atoms with van der Waals surface area (Å²) in [5.41, 5.74) is 6.39. The smallest absolute Gasteiger partial charge is 0.150 e. The quantitative estimate of drug-likeness (QED) is 0.788. The number of nitrogens with two attached hydrogens (primary N) is 1. The van der Waals surface area contributed by atoms with Crippen molar-refractivity contribution in [2.45, 2.75) is 0 Å². The molecule has 0 fully saturated rings. The molecule has 0 saturated carbocycles. The van der Waals surface area contributed by atoms with Gasteiger partial charge in [0.1, 0.15) is 11.5 Å². The van der Waals surface area contributed by atoms with Crippen molar-refractivity contribution in [2.24, 2.45) is 0 Å². The summed E-state index contributed by atoms with van der Waals surface area (Å²) in [5, 5.41) is 0. The molecule has 0 aliphatic rings. The Hall–Kier alpha value is -1.67. The first-order valence-corrected chi connectivity index (χ1v) is 4.43. The van der Waals surface area contributed by atoms with E-state index in [1.54, 1.807) is 0 Å². The molecule has 2 aromatic carbocycles. The Morgan fingerprint density at radius 2 is 1.40 bits per heavy atom. The fraction of sp³-hybridized carbons (Fsp3) is 0. The largest absolute Gasteiger partial charge is 0.455 e. The van der Waals surface area contributed by atoms with Crippen LogP contribution in [0.2, 0.25) is 0 Å². The van der Waals surface area contributed by atoms with Crippen molar-refractivity contribution in [3.63, 3.8) is 0 Å². The van der Waals surface area contributed by atoms with E-state index < -0.39 is 0 Å². The lowest BCUT2D eigenvalue weighted by Crippen LogP contribution is -1.90. The van der Waals surface area contributed by atoms with E-state index in [0.29, 0.717) is 11.4 Å². The van der Waals surface area contributed by atoms with Gasteiger partial charge in [0.05, 0.1) is 5.69 Å². The first-order chi connectivity index (χ1) is 6.86. The molecule has 0 aromatic heterocycles. The summed E-state index contributed by atoms with van der Waals surface area (Å²) in [6.45, 7) is 0. The minimum Gasteiger partial charge on any atom is -0.455 e. The number of hydrogen-bond acceptors (Lipinski definition) is 2. The van der Waals surface area contributed by atoms with Gasteiger partial charge in [0.25, 0.3) is 0 Å². The van der Waals surface area contributed by atoms with Crippen LogP contribution in [0.3, 0.4) is 0 Å². The van der Waals surface area contributed by atoms with Gasteiger partial charge in [-0.05, 0) is 24.3 Å². The van der Waals surface area contributed by atoms with Gasteiger partial charge >= 0.3 is 0 Å². The maximum Gasteiger partial charge on any atom is 0.150 e. The van der Waals surface area contributed by atoms with Gasteiger partial charge in [0.2, 0.25) is 0 Å². The minimum absolute atomic E-state index is 0. The van der Waals surface area contributed by atoms with E-state index in [-0.39, 0.29) is 12.4 Å². The first kappa shape index (κ1) is 11.4. The van der Waals surface area contributed by atoms with E-state index in [0.717, 1.165) is 5.75 Å². The molecule has 2 N–H and O–H groups in total. The van der Waals surface area contributed by atoms with Crippen molar-refractivity contribution in [1.82, 2.24) is 0 Å². The molecule has 0 atom stereocenters. The summed E-state index contributed by atoms with van der Waals surface area (Å²) in [6, 6.07) is 17.0. The van der Waals surface area contributed by atoms with Gasteiger partial charge in [-0.2, -0.15) is 0 Å². The lowest BCUT2D eigenvalue weighted by atomic mass is 10.3. The monoisotopic (exact) mass is 221 g/mol. The van der Waals surface area contributed by atoms with E-state index in [4.69, 9.17) is 10.5 Å². The lowest BCUT2D eigenvalue weighted by Gasteiger charge is -2.07. The fourth-order valence-electron chi connectivity index (χ4n) is 1.19. The summed E-state index contributed by atoms with van der Waals surface area (Å²) in [7, 11) is 0. The van der Waals surface area contributed by atoms with Gasteiger partial charge in [-0.3, -0.25) is 0 Å². The molecular formula is C12H12ClNO. The number of rotatable bonds is 2. The van der Waals surface area contributed by atoms with Crippen molar-refractivity contribution >= 4 is 18.1 Å². The highest BCUT2D eigenvalue weighted by atomic mass is 35.5. The maximum atomic E-state index is 5.74. The summed E-state index contributed by atoms with van der Waals surface area (Å²) in [6.07, 6.45) is 0. The van der Waals surface area contributed by atoms with Crippen LogP contribution in [0.25, 0.3) is 0 Å². The zero-order valence-electron chi connectivity index (χ0n) is 8.09. The third kappa shape index (κ3) is 2.89. The Bertz CT molecular complexity index is 417. The fourth-order valence-corrected chi connectivity index (χ4v) is 1.19. The number of anilines is 1. The molecule has 0 radical (unpaired) electrons. The molecule has 0 bridgehead atoms. The second kappa shape index (κ2) is 5.27. The molecule has 0 aliphatic carbocycles. The predicted octanol–water partition coefficient (Wildman–Crippen LogP) is 3.48. The van der Waals surface area contributed by atoms with Crippen molar-refractivity contribution in [1.29, 1.82) is 0 Å². The van der Waals surface area contributed by atoms with Crippen LogP contribution in [-0.4, -0.2) is 0 Å². The highest BCUT2D eigenvalue weighted by Crippen LogP contribution is 2.26. The highest BCUT2D eigenvalue weighted by Gasteiger charge is 1.98. The Morgan fingerprint density at radius 3 is 2.07 bits per heavy atom. The number of hydrogen-bond donors (Lipinski definition) is 1. The number of ether oxygens (including phenoxy) is 1. The average molecular weight is 222 g/mol. The van der Waals surface area contributed by atoms with Crippen LogP contribution in [0.15, 0.2) is 54.6 Å². The Kier molecular flexibility index (Phi) is 4.01. The van der Waals surface area contributed by atoms with Crippen LogP contribution in [0.4, 0.5) is 5.69 Å². The van der Waals surface area contributed by atoms with Crippen LogP contribution < -0.4 is 10.5 Å². The zero-order chi connectivity index (χ0) is 9.80. The van der Waals surface area contributed by atoms with Gasteiger partial charge in [0, 0.05) is 0 Å². The number of para-hydroxylation sites is 3. The Labute approximate surface area is 95.1 Å². The van der Waals surface area contributed by atoms with Gasteiger partial charge < -0.3 is 10.5 Å². The second-order valence-corrected chi connectivity index (χ2v) is 2.95. The molecular weight excluding hydrogens is 210 g/mol. The number of benzene rings is 2. The number of nitrogen functional groups attached to an aromatic ring is 1. The third-order valence-corrected chi connectivity index (χ3v) is 1.89. The summed E-state index contributed by atoms with van der Waals surface area (Å²) in [4.78, 5) is 0. The van der Waals surface area contributed by atoms with Crippen LogP contribution in [-0.2, 0) is 0 Å². The summed E-state index contributed by atoms with van der Waals surface area (Å²) < 4.78 is 5.58. The average Bonchev–Trinajstić information content (AvgIpc) is 2.23. The molecule has 15 heavy (non-hydrogen) atoms. The molecule has 0 aliphatic heterocycles. The highest BCUT2D eigenvalue weighted by molar-refractivity contribution is 5.85. The molecule has 0 saturated heterocycles. The van der Waals surface area contributed by atoms with Crippen molar-refractivity contribution < 1.29 is 4.74 Å². The molecule has 2 rings (SSSR count). The van der Waals surface area contributed by atoms with Crippen LogP contribution in [0.1, 0.15) is 0 Å². The molecule has 2 nitrogen and oxygen atoms in total. The standard InChI is InChI=1S/C12H11NO.ClH/c13-11-8-4-5-9-12(11)14-10-6-2-1-3-7-10;/h1-9H,13H2;1H. The van der Waals surface area contributed by atoms with Crippen LogP contribution in [0, 0.1) is 0 Å². The van der Waals surface area contributed by atoms with E-state index >= 15 is 0 Å². The molecule has 3 heteroatoms. The zero-order valence-corrected chi connectivity index (χ0v) is 8.91.